The summed E-state index contributed by atoms with van der Waals surface area (Å²) in [6, 6.07) is 2.25. The van der Waals surface area contributed by atoms with E-state index in [0.29, 0.717) is 18.9 Å². The molecule has 0 aliphatic heterocycles. The molecule has 0 heterocycles. The van der Waals surface area contributed by atoms with Gasteiger partial charge in [0.05, 0.1) is 12.7 Å². The fourth-order valence-corrected chi connectivity index (χ4v) is 1.95. The van der Waals surface area contributed by atoms with E-state index in [9.17, 15) is 0 Å². The Hall–Kier alpha value is -0.810. The lowest BCUT2D eigenvalue weighted by atomic mass is 9.76. The van der Waals surface area contributed by atoms with Crippen molar-refractivity contribution < 1.29 is 4.74 Å². The lowest BCUT2D eigenvalue weighted by Gasteiger charge is -2.29. The van der Waals surface area contributed by atoms with Gasteiger partial charge in [0.15, 0.2) is 0 Å². The van der Waals surface area contributed by atoms with Gasteiger partial charge in [-0.2, -0.15) is 5.26 Å². The summed E-state index contributed by atoms with van der Waals surface area (Å²) in [5.41, 5.74) is 1.49. The summed E-state index contributed by atoms with van der Waals surface area (Å²) < 4.78 is 5.14. The van der Waals surface area contributed by atoms with Crippen LogP contribution in [0, 0.1) is 22.7 Å². The lowest BCUT2D eigenvalue weighted by molar-refractivity contribution is 0.190. The summed E-state index contributed by atoms with van der Waals surface area (Å²) in [5, 5.41) is 8.67. The zero-order valence-electron chi connectivity index (χ0n) is 8.63. The SMILES string of the molecule is COCC1=CCC(CC#N)C1(C)C. The van der Waals surface area contributed by atoms with E-state index in [1.807, 2.05) is 0 Å². The first-order valence-electron chi connectivity index (χ1n) is 4.68. The van der Waals surface area contributed by atoms with Crippen LogP contribution >= 0.6 is 0 Å². The number of ether oxygens (including phenoxy) is 1. The third-order valence-electron chi connectivity index (χ3n) is 3.13. The smallest absolute Gasteiger partial charge is 0.0678 e. The minimum Gasteiger partial charge on any atom is -0.380 e. The molecular formula is C11H17NO. The van der Waals surface area contributed by atoms with Gasteiger partial charge in [0.1, 0.15) is 0 Å². The molecular weight excluding hydrogens is 162 g/mol. The molecule has 0 radical (unpaired) electrons. The molecule has 0 aromatic heterocycles. The first-order chi connectivity index (χ1) is 6.12. The van der Waals surface area contributed by atoms with Gasteiger partial charge in [-0.25, -0.2) is 0 Å². The van der Waals surface area contributed by atoms with Crippen LogP contribution in [-0.2, 0) is 4.74 Å². The molecule has 1 aliphatic rings. The largest absolute Gasteiger partial charge is 0.380 e. The van der Waals surface area contributed by atoms with E-state index in [2.05, 4.69) is 26.0 Å². The Bertz CT molecular complexity index is 247. The van der Waals surface area contributed by atoms with Gasteiger partial charge in [0, 0.05) is 13.5 Å². The second kappa shape index (κ2) is 3.93. The molecule has 1 atom stereocenters. The molecule has 13 heavy (non-hydrogen) atoms. The number of nitrogens with zero attached hydrogens (tertiary/aromatic N) is 1. The number of allylic oxidation sites excluding steroid dienone is 1. The summed E-state index contributed by atoms with van der Waals surface area (Å²) in [4.78, 5) is 0. The monoisotopic (exact) mass is 179 g/mol. The third-order valence-corrected chi connectivity index (χ3v) is 3.13. The topological polar surface area (TPSA) is 33.0 Å². The fraction of sp³-hybridized carbons (Fsp3) is 0.727. The highest BCUT2D eigenvalue weighted by Gasteiger charge is 2.36. The summed E-state index contributed by atoms with van der Waals surface area (Å²) >= 11 is 0. The van der Waals surface area contributed by atoms with E-state index in [1.54, 1.807) is 7.11 Å². The molecule has 1 aliphatic carbocycles. The maximum Gasteiger partial charge on any atom is 0.0678 e. The lowest BCUT2D eigenvalue weighted by Crippen LogP contribution is -2.23. The van der Waals surface area contributed by atoms with Crippen LogP contribution in [0.4, 0.5) is 0 Å². The molecule has 0 amide bonds. The summed E-state index contributed by atoms with van der Waals surface area (Å²) in [5.74, 6) is 0.475. The van der Waals surface area contributed by atoms with Gasteiger partial charge >= 0.3 is 0 Å². The highest BCUT2D eigenvalue weighted by Crippen LogP contribution is 2.44. The highest BCUT2D eigenvalue weighted by molar-refractivity contribution is 5.21. The van der Waals surface area contributed by atoms with Crippen LogP contribution in [0.25, 0.3) is 0 Å². The Kier molecular flexibility index (Phi) is 3.11. The molecule has 0 fully saturated rings. The van der Waals surface area contributed by atoms with Crippen molar-refractivity contribution in [2.24, 2.45) is 11.3 Å². The van der Waals surface area contributed by atoms with Crippen LogP contribution in [0.15, 0.2) is 11.6 Å². The van der Waals surface area contributed by atoms with Crippen LogP contribution < -0.4 is 0 Å². The van der Waals surface area contributed by atoms with Gasteiger partial charge in [0.25, 0.3) is 0 Å². The van der Waals surface area contributed by atoms with E-state index in [4.69, 9.17) is 10.00 Å². The molecule has 0 aromatic carbocycles. The predicted molar refractivity (Wildman–Crippen MR) is 52.1 cm³/mol. The van der Waals surface area contributed by atoms with Gasteiger partial charge in [0.2, 0.25) is 0 Å². The van der Waals surface area contributed by atoms with Gasteiger partial charge in [-0.15, -0.1) is 0 Å². The quantitative estimate of drug-likeness (QED) is 0.624. The average Bonchev–Trinajstić information content (AvgIpc) is 2.33. The summed E-state index contributed by atoms with van der Waals surface area (Å²) in [6.45, 7) is 5.11. The van der Waals surface area contributed by atoms with E-state index < -0.39 is 0 Å². The number of hydrogen-bond acceptors (Lipinski definition) is 2. The minimum atomic E-state index is 0.145. The molecule has 2 nitrogen and oxygen atoms in total. The van der Waals surface area contributed by atoms with Crippen molar-refractivity contribution in [1.29, 1.82) is 5.26 Å². The van der Waals surface area contributed by atoms with Crippen LogP contribution in [0.3, 0.4) is 0 Å². The van der Waals surface area contributed by atoms with Gasteiger partial charge < -0.3 is 4.74 Å². The number of nitriles is 1. The van der Waals surface area contributed by atoms with Crippen LogP contribution in [-0.4, -0.2) is 13.7 Å². The van der Waals surface area contributed by atoms with E-state index in [1.165, 1.54) is 5.57 Å². The highest BCUT2D eigenvalue weighted by atomic mass is 16.5. The second-order valence-corrected chi connectivity index (χ2v) is 4.18. The maximum absolute atomic E-state index is 8.67. The Balaban J connectivity index is 2.67. The Labute approximate surface area is 80.2 Å². The molecule has 0 saturated heterocycles. The second-order valence-electron chi connectivity index (χ2n) is 4.18. The van der Waals surface area contributed by atoms with Gasteiger partial charge in [-0.3, -0.25) is 0 Å². The zero-order chi connectivity index (χ0) is 9.90. The fourth-order valence-electron chi connectivity index (χ4n) is 1.95. The molecule has 1 unspecified atom stereocenters. The summed E-state index contributed by atoms with van der Waals surface area (Å²) in [6.07, 6.45) is 3.90. The standard InChI is InChI=1S/C11H17NO/c1-11(2)9(6-7-12)4-5-10(11)8-13-3/h5,9H,4,6,8H2,1-3H3. The first kappa shape index (κ1) is 10.3. The van der Waals surface area contributed by atoms with Crippen molar-refractivity contribution in [3.05, 3.63) is 11.6 Å². The molecule has 0 aromatic rings. The van der Waals surface area contributed by atoms with Crippen molar-refractivity contribution in [3.63, 3.8) is 0 Å². The van der Waals surface area contributed by atoms with Gasteiger partial charge in [-0.1, -0.05) is 19.9 Å². The molecule has 0 spiro atoms. The molecule has 0 saturated carbocycles. The summed E-state index contributed by atoms with van der Waals surface area (Å²) in [7, 11) is 1.72. The van der Waals surface area contributed by atoms with Crippen molar-refractivity contribution in [2.45, 2.75) is 26.7 Å². The van der Waals surface area contributed by atoms with Gasteiger partial charge in [-0.05, 0) is 23.3 Å². The van der Waals surface area contributed by atoms with E-state index in [0.717, 1.165) is 6.42 Å². The molecule has 1 rings (SSSR count). The van der Waals surface area contributed by atoms with Crippen molar-refractivity contribution >= 4 is 0 Å². The number of hydrogen-bond donors (Lipinski definition) is 0. The first-order valence-corrected chi connectivity index (χ1v) is 4.68. The van der Waals surface area contributed by atoms with Crippen LogP contribution in [0.1, 0.15) is 26.7 Å². The zero-order valence-corrected chi connectivity index (χ0v) is 8.63. The van der Waals surface area contributed by atoms with Crippen molar-refractivity contribution in [2.75, 3.05) is 13.7 Å². The minimum absolute atomic E-state index is 0.145. The number of methoxy groups -OCH3 is 1. The van der Waals surface area contributed by atoms with Crippen molar-refractivity contribution in [3.8, 4) is 6.07 Å². The Morgan fingerprint density at radius 2 is 2.38 bits per heavy atom. The predicted octanol–water partition coefficient (Wildman–Crippen LogP) is 2.52. The molecule has 72 valence electrons. The van der Waals surface area contributed by atoms with E-state index in [-0.39, 0.29) is 5.41 Å². The molecule has 0 bridgehead atoms. The van der Waals surface area contributed by atoms with Crippen LogP contribution in [0.2, 0.25) is 0 Å². The van der Waals surface area contributed by atoms with Crippen molar-refractivity contribution in [1.82, 2.24) is 0 Å². The van der Waals surface area contributed by atoms with Crippen LogP contribution in [0.5, 0.6) is 0 Å². The Morgan fingerprint density at radius 1 is 1.69 bits per heavy atom. The average molecular weight is 179 g/mol. The third kappa shape index (κ3) is 1.92. The molecule has 2 heteroatoms. The van der Waals surface area contributed by atoms with E-state index >= 15 is 0 Å². The number of rotatable bonds is 3. The Morgan fingerprint density at radius 3 is 2.92 bits per heavy atom. The molecule has 0 N–H and O–H groups in total. The maximum atomic E-state index is 8.67. The normalized spacial score (nSPS) is 25.4.